The standard InChI is InChI=1S/C22H21NO5/c1-26-16-8-11(9-17(27-2)21(16)24)18-19-12(10-28-22(19)25)7-15-20(18)13-5-3-4-6-14(13)23-15/h3-6,8-9,12,18-19,23-24H,7,10H2,1-2H3/t12-,18-,19-/m0/s1. The molecule has 0 spiro atoms. The summed E-state index contributed by atoms with van der Waals surface area (Å²) in [5.74, 6) is 0.0671. The highest BCUT2D eigenvalue weighted by atomic mass is 16.5. The molecule has 5 rings (SSSR count). The number of nitrogens with one attached hydrogen (secondary N) is 1. The number of aromatic amines is 1. The molecule has 2 aliphatic rings. The Morgan fingerprint density at radius 3 is 2.57 bits per heavy atom. The van der Waals surface area contributed by atoms with Gasteiger partial charge in [-0.05, 0) is 35.7 Å². The van der Waals surface area contributed by atoms with E-state index < -0.39 is 0 Å². The topological polar surface area (TPSA) is 80.8 Å². The van der Waals surface area contributed by atoms with Crippen molar-refractivity contribution < 1.29 is 24.1 Å². The average Bonchev–Trinajstić information content (AvgIpc) is 3.27. The number of esters is 1. The number of methoxy groups -OCH3 is 2. The normalized spacial score (nSPS) is 23.2. The summed E-state index contributed by atoms with van der Waals surface area (Å²) in [5.41, 5.74) is 4.18. The molecule has 28 heavy (non-hydrogen) atoms. The smallest absolute Gasteiger partial charge is 0.310 e. The van der Waals surface area contributed by atoms with Crippen molar-refractivity contribution in [2.24, 2.45) is 11.8 Å². The van der Waals surface area contributed by atoms with Crippen molar-refractivity contribution in [3.63, 3.8) is 0 Å². The summed E-state index contributed by atoms with van der Waals surface area (Å²) >= 11 is 0. The highest BCUT2D eigenvalue weighted by Gasteiger charge is 2.48. The van der Waals surface area contributed by atoms with Gasteiger partial charge in [-0.2, -0.15) is 0 Å². The number of benzene rings is 2. The summed E-state index contributed by atoms with van der Waals surface area (Å²) < 4.78 is 16.2. The fourth-order valence-corrected chi connectivity index (χ4v) is 4.82. The molecule has 6 nitrogen and oxygen atoms in total. The summed E-state index contributed by atoms with van der Waals surface area (Å²) in [6, 6.07) is 11.7. The minimum Gasteiger partial charge on any atom is -0.502 e. The van der Waals surface area contributed by atoms with Gasteiger partial charge in [-0.1, -0.05) is 18.2 Å². The van der Waals surface area contributed by atoms with Crippen LogP contribution in [0.15, 0.2) is 36.4 Å². The van der Waals surface area contributed by atoms with Crippen LogP contribution in [-0.4, -0.2) is 36.9 Å². The quantitative estimate of drug-likeness (QED) is 0.682. The molecule has 0 amide bonds. The number of ether oxygens (including phenoxy) is 3. The van der Waals surface area contributed by atoms with Crippen molar-refractivity contribution in [2.75, 3.05) is 20.8 Å². The van der Waals surface area contributed by atoms with Crippen molar-refractivity contribution in [3.8, 4) is 17.2 Å². The van der Waals surface area contributed by atoms with Gasteiger partial charge in [0.1, 0.15) is 0 Å². The van der Waals surface area contributed by atoms with E-state index in [2.05, 4.69) is 17.1 Å². The fraction of sp³-hybridized carbons (Fsp3) is 0.318. The maximum Gasteiger partial charge on any atom is 0.310 e. The van der Waals surface area contributed by atoms with Crippen LogP contribution >= 0.6 is 0 Å². The van der Waals surface area contributed by atoms with Gasteiger partial charge in [-0.3, -0.25) is 4.79 Å². The van der Waals surface area contributed by atoms with Crippen molar-refractivity contribution in [2.45, 2.75) is 12.3 Å². The van der Waals surface area contributed by atoms with Gasteiger partial charge < -0.3 is 24.3 Å². The number of cyclic esters (lactones) is 1. The number of phenols is 1. The first kappa shape index (κ1) is 17.0. The number of para-hydroxylation sites is 1. The van der Waals surface area contributed by atoms with Gasteiger partial charge in [0.15, 0.2) is 11.5 Å². The molecule has 0 bridgehead atoms. The van der Waals surface area contributed by atoms with E-state index >= 15 is 0 Å². The molecule has 3 aromatic rings. The van der Waals surface area contributed by atoms with Crippen molar-refractivity contribution >= 4 is 16.9 Å². The maximum atomic E-state index is 12.7. The van der Waals surface area contributed by atoms with Crippen LogP contribution in [0, 0.1) is 11.8 Å². The van der Waals surface area contributed by atoms with Gasteiger partial charge in [0.05, 0.1) is 26.7 Å². The van der Waals surface area contributed by atoms with E-state index in [0.717, 1.165) is 34.1 Å². The third-order valence-electron chi connectivity index (χ3n) is 6.05. The van der Waals surface area contributed by atoms with E-state index in [9.17, 15) is 9.90 Å². The van der Waals surface area contributed by atoms with Crippen LogP contribution in [0.2, 0.25) is 0 Å². The van der Waals surface area contributed by atoms with E-state index in [1.165, 1.54) is 14.2 Å². The molecular formula is C22H21NO5. The van der Waals surface area contributed by atoms with Crippen LogP contribution in [0.5, 0.6) is 17.2 Å². The van der Waals surface area contributed by atoms with Crippen LogP contribution in [0.1, 0.15) is 22.7 Å². The van der Waals surface area contributed by atoms with Gasteiger partial charge in [-0.25, -0.2) is 0 Å². The Hall–Kier alpha value is -3.15. The summed E-state index contributed by atoms with van der Waals surface area (Å²) in [5, 5.41) is 11.4. The van der Waals surface area contributed by atoms with Gasteiger partial charge in [0, 0.05) is 28.4 Å². The number of rotatable bonds is 3. The number of aromatic hydroxyl groups is 1. The Balaban J connectivity index is 1.78. The minimum absolute atomic E-state index is 0.0470. The molecule has 2 aromatic carbocycles. The molecule has 0 saturated carbocycles. The van der Waals surface area contributed by atoms with Crippen LogP contribution < -0.4 is 9.47 Å². The lowest BCUT2D eigenvalue weighted by Crippen LogP contribution is -2.31. The number of hydrogen-bond acceptors (Lipinski definition) is 5. The molecule has 1 fully saturated rings. The van der Waals surface area contributed by atoms with Crippen LogP contribution in [0.4, 0.5) is 0 Å². The minimum atomic E-state index is -0.273. The number of fused-ring (bicyclic) bond motifs is 4. The number of H-pyrrole nitrogens is 1. The molecule has 0 unspecified atom stereocenters. The molecule has 144 valence electrons. The molecule has 1 aliphatic carbocycles. The van der Waals surface area contributed by atoms with E-state index in [1.54, 1.807) is 12.1 Å². The largest absolute Gasteiger partial charge is 0.502 e. The van der Waals surface area contributed by atoms with Crippen LogP contribution in [0.25, 0.3) is 10.9 Å². The van der Waals surface area contributed by atoms with Gasteiger partial charge in [0.2, 0.25) is 5.75 Å². The van der Waals surface area contributed by atoms with Crippen molar-refractivity contribution in [1.82, 2.24) is 4.98 Å². The van der Waals surface area contributed by atoms with Gasteiger partial charge >= 0.3 is 5.97 Å². The maximum absolute atomic E-state index is 12.7. The van der Waals surface area contributed by atoms with E-state index in [1.807, 2.05) is 12.1 Å². The number of phenolic OH excluding ortho intramolecular Hbond substituents is 1. The van der Waals surface area contributed by atoms with Crippen molar-refractivity contribution in [3.05, 3.63) is 53.2 Å². The lowest BCUT2D eigenvalue weighted by molar-refractivity contribution is -0.141. The number of carbonyl (C=O) groups is 1. The number of carbonyl (C=O) groups excluding carboxylic acids is 1. The zero-order chi connectivity index (χ0) is 19.4. The summed E-state index contributed by atoms with van der Waals surface area (Å²) in [6.07, 6.45) is 0.781. The molecule has 1 saturated heterocycles. The molecule has 2 N–H and O–H groups in total. The lowest BCUT2D eigenvalue weighted by atomic mass is 9.69. The number of aromatic nitrogens is 1. The second-order valence-corrected chi connectivity index (χ2v) is 7.43. The molecule has 2 heterocycles. The van der Waals surface area contributed by atoms with E-state index in [-0.39, 0.29) is 29.5 Å². The van der Waals surface area contributed by atoms with Gasteiger partial charge in [0.25, 0.3) is 0 Å². The second kappa shape index (κ2) is 6.19. The Morgan fingerprint density at radius 2 is 1.86 bits per heavy atom. The zero-order valence-corrected chi connectivity index (χ0v) is 15.7. The zero-order valence-electron chi connectivity index (χ0n) is 15.7. The Kier molecular flexibility index (Phi) is 3.75. The van der Waals surface area contributed by atoms with Crippen LogP contribution in [-0.2, 0) is 16.0 Å². The van der Waals surface area contributed by atoms with Gasteiger partial charge in [-0.15, -0.1) is 0 Å². The fourth-order valence-electron chi connectivity index (χ4n) is 4.82. The first-order valence-corrected chi connectivity index (χ1v) is 9.33. The monoisotopic (exact) mass is 379 g/mol. The number of hydrogen-bond donors (Lipinski definition) is 2. The first-order chi connectivity index (χ1) is 13.6. The third kappa shape index (κ3) is 2.30. The third-order valence-corrected chi connectivity index (χ3v) is 6.05. The Morgan fingerprint density at radius 1 is 1.14 bits per heavy atom. The molecular weight excluding hydrogens is 358 g/mol. The van der Waals surface area contributed by atoms with Crippen LogP contribution in [0.3, 0.4) is 0 Å². The summed E-state index contributed by atoms with van der Waals surface area (Å²) in [6.45, 7) is 0.432. The Labute approximate surface area is 162 Å². The molecule has 6 heteroatoms. The van der Waals surface area contributed by atoms with E-state index in [0.29, 0.717) is 18.1 Å². The van der Waals surface area contributed by atoms with Crippen molar-refractivity contribution in [1.29, 1.82) is 0 Å². The SMILES string of the molecule is COc1cc([C@@H]2c3c([nH]c4ccccc34)C[C@H]3COC(=O)[C@@H]32)cc(OC)c1O. The molecule has 1 aliphatic heterocycles. The second-order valence-electron chi connectivity index (χ2n) is 7.43. The predicted octanol–water partition coefficient (Wildman–Crippen LogP) is 3.37. The highest BCUT2D eigenvalue weighted by molar-refractivity contribution is 5.88. The Bertz CT molecular complexity index is 1060. The highest BCUT2D eigenvalue weighted by Crippen LogP contribution is 2.51. The summed E-state index contributed by atoms with van der Waals surface area (Å²) in [4.78, 5) is 16.2. The molecule has 3 atom stereocenters. The summed E-state index contributed by atoms with van der Waals surface area (Å²) in [7, 11) is 3.01. The predicted molar refractivity (Wildman–Crippen MR) is 103 cm³/mol. The van der Waals surface area contributed by atoms with E-state index in [4.69, 9.17) is 14.2 Å². The molecule has 1 aromatic heterocycles. The average molecular weight is 379 g/mol. The lowest BCUT2D eigenvalue weighted by Gasteiger charge is -2.32. The first-order valence-electron chi connectivity index (χ1n) is 9.33. The molecule has 0 radical (unpaired) electrons.